The molecule has 50 heavy (non-hydrogen) atoms. The summed E-state index contributed by atoms with van der Waals surface area (Å²) in [5.74, 6) is 0.333. The summed E-state index contributed by atoms with van der Waals surface area (Å²) >= 11 is 0. The third-order valence-corrected chi connectivity index (χ3v) is 6.41. The maximum Gasteiger partial charge on any atom is 0.164 e. The maximum atomic E-state index is 11.5. The van der Waals surface area contributed by atoms with Crippen molar-refractivity contribution in [2.45, 2.75) is 152 Å². The minimum absolute atomic E-state index is 0. The van der Waals surface area contributed by atoms with Crippen molar-refractivity contribution in [1.29, 1.82) is 0 Å². The van der Waals surface area contributed by atoms with Crippen LogP contribution in [0.3, 0.4) is 0 Å². The Morgan fingerprint density at radius 2 is 0.460 bits per heavy atom. The van der Waals surface area contributed by atoms with E-state index in [0.29, 0.717) is 0 Å². The van der Waals surface area contributed by atoms with Crippen molar-refractivity contribution in [2.75, 3.05) is 0 Å². The number of aliphatic hydroxyl groups is 4. The number of hydrogen-bond donors (Lipinski definition) is 4. The zero-order chi connectivity index (χ0) is 40.9. The second-order valence-corrected chi connectivity index (χ2v) is 19.6. The molecule has 0 unspecified atom stereocenters. The average Bonchev–Trinajstić information content (AvgIpc) is 2.80. The summed E-state index contributed by atoms with van der Waals surface area (Å²) in [5, 5.41) is 37.4. The summed E-state index contributed by atoms with van der Waals surface area (Å²) in [5.41, 5.74) is -2.68. The van der Waals surface area contributed by atoms with Crippen LogP contribution in [0.2, 0.25) is 0 Å². The molecule has 8 nitrogen and oxygen atoms in total. The first-order chi connectivity index (χ1) is 21.0. The summed E-state index contributed by atoms with van der Waals surface area (Å²) < 4.78 is 0. The number of allylic oxidation sites excluding steroid dienone is 8. The topological polar surface area (TPSA) is 149 Å². The number of aliphatic hydroxyl groups excluding tert-OH is 4. The summed E-state index contributed by atoms with van der Waals surface area (Å²) in [6, 6.07) is 0. The van der Waals surface area contributed by atoms with Gasteiger partial charge in [0.2, 0.25) is 0 Å². The molecule has 0 aromatic rings. The first-order valence-corrected chi connectivity index (χ1v) is 16.8. The van der Waals surface area contributed by atoms with E-state index < -0.39 is 16.2 Å². The average molecular weight is 786 g/mol. The van der Waals surface area contributed by atoms with E-state index in [0.717, 1.165) is 0 Å². The Morgan fingerprint density at radius 3 is 0.540 bits per heavy atom. The maximum absolute atomic E-state index is 11.5. The molecule has 0 spiro atoms. The largest absolute Gasteiger partial charge is 0.512 e. The number of rotatable bonds is 4. The number of ketones is 4. The third kappa shape index (κ3) is 29.5. The third-order valence-electron chi connectivity index (χ3n) is 6.41. The molecule has 0 aliphatic heterocycles. The van der Waals surface area contributed by atoms with Crippen LogP contribution < -0.4 is 0 Å². The van der Waals surface area contributed by atoms with Gasteiger partial charge in [-0.05, 0) is 6.92 Å². The molecule has 0 fully saturated rings. The molecule has 0 aromatic heterocycles. The van der Waals surface area contributed by atoms with Gasteiger partial charge in [0.1, 0.15) is 17.3 Å². The molecule has 0 amide bonds. The molecule has 9 heteroatoms. The van der Waals surface area contributed by atoms with Crippen LogP contribution in [0.4, 0.5) is 0 Å². The van der Waals surface area contributed by atoms with Gasteiger partial charge in [0.15, 0.2) is 23.1 Å². The summed E-state index contributed by atoms with van der Waals surface area (Å²) in [7, 11) is 0. The van der Waals surface area contributed by atoms with E-state index >= 15 is 0 Å². The van der Waals surface area contributed by atoms with Crippen molar-refractivity contribution < 1.29 is 65.8 Å². The predicted molar refractivity (Wildman–Crippen MR) is 205 cm³/mol. The Hall–Kier alpha value is -2.28. The van der Waals surface area contributed by atoms with Crippen molar-refractivity contribution >= 4 is 23.1 Å². The van der Waals surface area contributed by atoms with Crippen molar-refractivity contribution in [3.8, 4) is 0 Å². The van der Waals surface area contributed by atoms with E-state index in [2.05, 4.69) is 0 Å². The van der Waals surface area contributed by atoms with Crippen LogP contribution in [0.1, 0.15) is 152 Å². The minimum atomic E-state index is -0.417. The van der Waals surface area contributed by atoms with Crippen LogP contribution in [0.5, 0.6) is 0 Å². The zero-order valence-corrected chi connectivity index (χ0v) is 38.2. The first kappa shape index (κ1) is 57.1. The van der Waals surface area contributed by atoms with Crippen molar-refractivity contribution in [3.63, 3.8) is 0 Å². The first-order valence-electron chi connectivity index (χ1n) is 16.8. The van der Waals surface area contributed by atoms with Crippen LogP contribution >= 0.6 is 0 Å². The van der Waals surface area contributed by atoms with Crippen LogP contribution in [0, 0.1) is 37.9 Å². The fraction of sp³-hybridized carbons (Fsp3) is 0.707. The Labute approximate surface area is 325 Å². The molecule has 0 atom stereocenters. The van der Waals surface area contributed by atoms with Crippen molar-refractivity contribution in [1.82, 2.24) is 0 Å². The van der Waals surface area contributed by atoms with Gasteiger partial charge >= 0.3 is 0 Å². The SMILES string of the molecule is C/C(O)=C/C(=O)C(C)(C)C.CC(C)(C)C(=O)/C=C(\O)C(C)(C)C.CC(C)(C)C(=O)/C=C(\O)C(C)(C)C.CC(C)(C)C(=O)/C=C(\O)C(C)(C)C.[Zr]. The Kier molecular flexibility index (Phi) is 24.3. The van der Waals surface area contributed by atoms with Crippen LogP contribution in [-0.4, -0.2) is 43.6 Å². The zero-order valence-electron chi connectivity index (χ0n) is 35.7. The van der Waals surface area contributed by atoms with Crippen LogP contribution in [0.25, 0.3) is 0 Å². The summed E-state index contributed by atoms with van der Waals surface area (Å²) in [4.78, 5) is 45.5. The van der Waals surface area contributed by atoms with E-state index in [1.165, 1.54) is 31.2 Å². The molecular weight excluding hydrogens is 712 g/mol. The van der Waals surface area contributed by atoms with Gasteiger partial charge in [-0.15, -0.1) is 0 Å². The molecule has 0 aliphatic carbocycles. The molecule has 0 heterocycles. The molecule has 0 aromatic carbocycles. The minimum Gasteiger partial charge on any atom is -0.512 e. The van der Waals surface area contributed by atoms with E-state index in [1.54, 1.807) is 0 Å². The van der Waals surface area contributed by atoms with Gasteiger partial charge in [-0.3, -0.25) is 19.2 Å². The summed E-state index contributed by atoms with van der Waals surface area (Å²) in [6.07, 6.45) is 5.25. The van der Waals surface area contributed by atoms with E-state index in [-0.39, 0.29) is 94.0 Å². The summed E-state index contributed by atoms with van der Waals surface area (Å²) in [6.45, 7) is 40.3. The van der Waals surface area contributed by atoms with E-state index in [4.69, 9.17) is 5.11 Å². The molecule has 0 aliphatic rings. The molecule has 0 saturated carbocycles. The van der Waals surface area contributed by atoms with Crippen molar-refractivity contribution in [2.24, 2.45) is 37.9 Å². The molecular formula is C41H74O8Zr. The normalized spacial score (nSPS) is 14.0. The number of hydrogen-bond acceptors (Lipinski definition) is 8. The van der Waals surface area contributed by atoms with Gasteiger partial charge < -0.3 is 20.4 Å². The van der Waals surface area contributed by atoms with Gasteiger partial charge in [-0.2, -0.15) is 0 Å². The smallest absolute Gasteiger partial charge is 0.164 e. The Morgan fingerprint density at radius 1 is 0.320 bits per heavy atom. The molecule has 0 rings (SSSR count). The predicted octanol–water partition coefficient (Wildman–Crippen LogP) is 11.3. The number of carbonyl (C=O) groups excluding carboxylic acids is 4. The quantitative estimate of drug-likeness (QED) is 0.163. The van der Waals surface area contributed by atoms with Crippen LogP contribution in [0.15, 0.2) is 47.3 Å². The second-order valence-electron chi connectivity index (χ2n) is 19.6. The number of carbonyl (C=O) groups is 4. The van der Waals surface area contributed by atoms with Gasteiger partial charge in [0, 0.05) is 88.4 Å². The Bertz CT molecular complexity index is 1100. The molecule has 4 N–H and O–H groups in total. The molecule has 290 valence electrons. The van der Waals surface area contributed by atoms with Gasteiger partial charge in [-0.1, -0.05) is 145 Å². The van der Waals surface area contributed by atoms with Gasteiger partial charge in [0.05, 0.1) is 5.76 Å². The Balaban J connectivity index is -0.000000180. The standard InChI is InChI=1S/3C11H20O2.C8H14O2.Zr/c3*1-10(2,3)8(12)7-9(13)11(4,5)6;1-6(9)5-7(10)8(2,3)4;/h3*7,12H,1-6H3;5,9H,1-4H3;/b3*8-7-;6-5-;. The monoisotopic (exact) mass is 784 g/mol. The van der Waals surface area contributed by atoms with Crippen LogP contribution in [-0.2, 0) is 45.4 Å². The van der Waals surface area contributed by atoms with Gasteiger partial charge in [0.25, 0.3) is 0 Å². The fourth-order valence-corrected chi connectivity index (χ4v) is 2.08. The molecule has 0 bridgehead atoms. The molecule has 0 radical (unpaired) electrons. The molecule has 0 saturated heterocycles. The van der Waals surface area contributed by atoms with E-state index in [1.807, 2.05) is 145 Å². The van der Waals surface area contributed by atoms with Gasteiger partial charge in [-0.25, -0.2) is 0 Å². The van der Waals surface area contributed by atoms with Crippen molar-refractivity contribution in [3.05, 3.63) is 47.3 Å². The second kappa shape index (κ2) is 21.3. The fourth-order valence-electron chi connectivity index (χ4n) is 2.08. The van der Waals surface area contributed by atoms with E-state index in [9.17, 15) is 34.5 Å².